The maximum absolute atomic E-state index is 11.7. The zero-order valence-electron chi connectivity index (χ0n) is 12.1. The number of nitrogens with zero attached hydrogens (tertiary/aromatic N) is 1. The van der Waals surface area contributed by atoms with Gasteiger partial charge in [-0.2, -0.15) is 5.26 Å². The predicted octanol–water partition coefficient (Wildman–Crippen LogP) is 3.08. The van der Waals surface area contributed by atoms with Crippen LogP contribution in [-0.2, 0) is 4.79 Å². The molecule has 21 heavy (non-hydrogen) atoms. The van der Waals surface area contributed by atoms with Gasteiger partial charge in [-0.05, 0) is 24.6 Å². The lowest BCUT2D eigenvalue weighted by atomic mass is 10.2. The van der Waals surface area contributed by atoms with Crippen molar-refractivity contribution in [2.45, 2.75) is 19.8 Å². The van der Waals surface area contributed by atoms with Crippen LogP contribution in [0.5, 0.6) is 5.75 Å². The molecule has 1 aromatic carbocycles. The van der Waals surface area contributed by atoms with Crippen molar-refractivity contribution in [2.24, 2.45) is 0 Å². The van der Waals surface area contributed by atoms with Crippen molar-refractivity contribution in [3.05, 3.63) is 35.0 Å². The summed E-state index contributed by atoms with van der Waals surface area (Å²) in [7, 11) is 1.53. The first-order valence-corrected chi connectivity index (χ1v) is 6.98. The number of nitriles is 1. The second-order valence-electron chi connectivity index (χ2n) is 4.27. The lowest BCUT2D eigenvalue weighted by molar-refractivity contribution is -0.117. The van der Waals surface area contributed by atoms with Crippen molar-refractivity contribution in [2.75, 3.05) is 19.0 Å². The highest BCUT2D eigenvalue weighted by atomic mass is 35.5. The van der Waals surface area contributed by atoms with Crippen LogP contribution >= 0.6 is 11.6 Å². The molecule has 6 heteroatoms. The fourth-order valence-corrected chi connectivity index (χ4v) is 1.79. The van der Waals surface area contributed by atoms with Crippen molar-refractivity contribution in [1.82, 2.24) is 5.32 Å². The SMILES string of the molecule is CCCCNC(=O)/C(C#N)=C\Nc1ccc(OC)c(Cl)c1. The zero-order valence-corrected chi connectivity index (χ0v) is 12.8. The van der Waals surface area contributed by atoms with Crippen molar-refractivity contribution in [3.8, 4) is 11.8 Å². The molecule has 1 rings (SSSR count). The maximum Gasteiger partial charge on any atom is 0.263 e. The number of halogens is 1. The molecule has 0 aromatic heterocycles. The van der Waals surface area contributed by atoms with Gasteiger partial charge in [0.25, 0.3) is 5.91 Å². The van der Waals surface area contributed by atoms with Crippen molar-refractivity contribution < 1.29 is 9.53 Å². The number of nitrogens with one attached hydrogen (secondary N) is 2. The summed E-state index contributed by atoms with van der Waals surface area (Å²) >= 11 is 6.00. The van der Waals surface area contributed by atoms with Gasteiger partial charge >= 0.3 is 0 Å². The normalized spacial score (nSPS) is 10.7. The first-order valence-electron chi connectivity index (χ1n) is 6.61. The van der Waals surface area contributed by atoms with Crippen molar-refractivity contribution in [3.63, 3.8) is 0 Å². The van der Waals surface area contributed by atoms with Gasteiger partial charge in [0.05, 0.1) is 12.1 Å². The molecule has 0 spiro atoms. The Balaban J connectivity index is 2.70. The van der Waals surface area contributed by atoms with Gasteiger partial charge < -0.3 is 15.4 Å². The third-order valence-electron chi connectivity index (χ3n) is 2.72. The summed E-state index contributed by atoms with van der Waals surface area (Å²) < 4.78 is 5.05. The Morgan fingerprint density at radius 1 is 1.52 bits per heavy atom. The summed E-state index contributed by atoms with van der Waals surface area (Å²) in [6, 6.07) is 6.96. The van der Waals surface area contributed by atoms with Crippen LogP contribution in [0.4, 0.5) is 5.69 Å². The van der Waals surface area contributed by atoms with Gasteiger partial charge in [-0.1, -0.05) is 24.9 Å². The number of anilines is 1. The zero-order chi connectivity index (χ0) is 15.7. The van der Waals surface area contributed by atoms with Crippen LogP contribution in [0.25, 0.3) is 0 Å². The van der Waals surface area contributed by atoms with Crippen molar-refractivity contribution in [1.29, 1.82) is 5.26 Å². The molecule has 0 aliphatic heterocycles. The minimum absolute atomic E-state index is 0.0121. The lowest BCUT2D eigenvalue weighted by Gasteiger charge is -2.07. The third-order valence-corrected chi connectivity index (χ3v) is 3.01. The molecule has 112 valence electrons. The Bertz CT molecular complexity index is 565. The monoisotopic (exact) mass is 307 g/mol. The molecule has 1 amide bonds. The van der Waals surface area contributed by atoms with E-state index in [1.807, 2.05) is 13.0 Å². The van der Waals surface area contributed by atoms with E-state index in [0.717, 1.165) is 12.8 Å². The van der Waals surface area contributed by atoms with E-state index in [4.69, 9.17) is 21.6 Å². The maximum atomic E-state index is 11.7. The first kappa shape index (κ1) is 16.9. The summed E-state index contributed by atoms with van der Waals surface area (Å²) in [5.41, 5.74) is 0.674. The molecule has 0 aliphatic carbocycles. The molecule has 0 saturated heterocycles. The molecule has 0 heterocycles. The minimum atomic E-state index is -0.391. The Morgan fingerprint density at radius 2 is 2.29 bits per heavy atom. The minimum Gasteiger partial charge on any atom is -0.495 e. The van der Waals surface area contributed by atoms with Crippen LogP contribution in [0.3, 0.4) is 0 Å². The highest BCUT2D eigenvalue weighted by Crippen LogP contribution is 2.27. The molecule has 5 nitrogen and oxygen atoms in total. The second kappa shape index (κ2) is 8.88. The molecule has 0 saturated carbocycles. The molecule has 0 fully saturated rings. The smallest absolute Gasteiger partial charge is 0.263 e. The predicted molar refractivity (Wildman–Crippen MR) is 83.2 cm³/mol. The van der Waals surface area contributed by atoms with E-state index < -0.39 is 5.91 Å². The Labute approximate surface area is 129 Å². The van der Waals surface area contributed by atoms with Gasteiger partial charge in [0.1, 0.15) is 17.4 Å². The average Bonchev–Trinajstić information content (AvgIpc) is 2.48. The number of ether oxygens (including phenoxy) is 1. The fraction of sp³-hybridized carbons (Fsp3) is 0.333. The van der Waals surface area contributed by atoms with Gasteiger partial charge in [0.2, 0.25) is 0 Å². The van der Waals surface area contributed by atoms with E-state index in [9.17, 15) is 4.79 Å². The van der Waals surface area contributed by atoms with Gasteiger partial charge in [-0.15, -0.1) is 0 Å². The van der Waals surface area contributed by atoms with E-state index in [1.165, 1.54) is 13.3 Å². The van der Waals surface area contributed by atoms with Crippen LogP contribution in [-0.4, -0.2) is 19.6 Å². The molecular weight excluding hydrogens is 290 g/mol. The highest BCUT2D eigenvalue weighted by molar-refractivity contribution is 6.32. The quantitative estimate of drug-likeness (QED) is 0.461. The van der Waals surface area contributed by atoms with E-state index in [2.05, 4.69) is 10.6 Å². The van der Waals surface area contributed by atoms with E-state index in [1.54, 1.807) is 18.2 Å². The number of rotatable bonds is 7. The van der Waals surface area contributed by atoms with E-state index in [-0.39, 0.29) is 5.57 Å². The van der Waals surface area contributed by atoms with Gasteiger partial charge in [-0.3, -0.25) is 4.79 Å². The topological polar surface area (TPSA) is 74.2 Å². The molecule has 0 atom stereocenters. The number of methoxy groups -OCH3 is 1. The largest absolute Gasteiger partial charge is 0.495 e. The van der Waals surface area contributed by atoms with Gasteiger partial charge in [0.15, 0.2) is 0 Å². The standard InChI is InChI=1S/C15H18ClN3O2/c1-3-4-7-18-15(20)11(9-17)10-19-12-5-6-14(21-2)13(16)8-12/h5-6,8,10,19H,3-4,7H2,1-2H3,(H,18,20)/b11-10-. The Morgan fingerprint density at radius 3 is 2.86 bits per heavy atom. The molecule has 0 unspecified atom stereocenters. The molecule has 0 bridgehead atoms. The summed E-state index contributed by atoms with van der Waals surface area (Å²) in [6.07, 6.45) is 3.22. The number of benzene rings is 1. The molecule has 0 radical (unpaired) electrons. The average molecular weight is 308 g/mol. The van der Waals surface area contributed by atoms with Crippen LogP contribution in [0.1, 0.15) is 19.8 Å². The molecule has 1 aromatic rings. The summed E-state index contributed by atoms with van der Waals surface area (Å²) in [5, 5.41) is 15.0. The molecule has 2 N–H and O–H groups in total. The number of unbranched alkanes of at least 4 members (excludes halogenated alkanes) is 1. The Kier molecular flexibility index (Phi) is 7.13. The molecular formula is C15H18ClN3O2. The number of hydrogen-bond acceptors (Lipinski definition) is 4. The number of carbonyl (C=O) groups is 1. The lowest BCUT2D eigenvalue weighted by Crippen LogP contribution is -2.25. The third kappa shape index (κ3) is 5.36. The number of amides is 1. The van der Waals surface area contributed by atoms with Crippen LogP contribution in [0.15, 0.2) is 30.0 Å². The summed E-state index contributed by atoms with van der Waals surface area (Å²) in [5.74, 6) is 0.169. The van der Waals surface area contributed by atoms with Crippen LogP contribution < -0.4 is 15.4 Å². The molecule has 0 aliphatic rings. The van der Waals surface area contributed by atoms with Crippen LogP contribution in [0.2, 0.25) is 5.02 Å². The summed E-state index contributed by atoms with van der Waals surface area (Å²) in [4.78, 5) is 11.7. The van der Waals surface area contributed by atoms with Gasteiger partial charge in [-0.25, -0.2) is 0 Å². The second-order valence-corrected chi connectivity index (χ2v) is 4.68. The van der Waals surface area contributed by atoms with E-state index in [0.29, 0.717) is 23.0 Å². The highest BCUT2D eigenvalue weighted by Gasteiger charge is 2.08. The fourth-order valence-electron chi connectivity index (χ4n) is 1.53. The van der Waals surface area contributed by atoms with Gasteiger partial charge in [0, 0.05) is 18.4 Å². The van der Waals surface area contributed by atoms with Crippen LogP contribution in [0, 0.1) is 11.3 Å². The number of carbonyl (C=O) groups excluding carboxylic acids is 1. The van der Waals surface area contributed by atoms with Crippen molar-refractivity contribution >= 4 is 23.2 Å². The number of hydrogen-bond donors (Lipinski definition) is 2. The van der Waals surface area contributed by atoms with E-state index >= 15 is 0 Å². The Hall–Kier alpha value is -2.19. The first-order chi connectivity index (χ1) is 10.1. The summed E-state index contributed by atoms with van der Waals surface area (Å²) in [6.45, 7) is 2.59.